The van der Waals surface area contributed by atoms with Crippen LogP contribution in [0.1, 0.15) is 41.3 Å². The van der Waals surface area contributed by atoms with Gasteiger partial charge in [0.1, 0.15) is 5.75 Å². The lowest BCUT2D eigenvalue weighted by Gasteiger charge is -2.31. The number of amides is 1. The number of carbonyl (C=O) groups is 1. The Morgan fingerprint density at radius 1 is 1.00 bits per heavy atom. The highest BCUT2D eigenvalue weighted by Gasteiger charge is 2.21. The molecule has 0 bridgehead atoms. The predicted molar refractivity (Wildman–Crippen MR) is 123 cm³/mol. The first kappa shape index (κ1) is 20.8. The Kier molecular flexibility index (Phi) is 6.16. The van der Waals surface area contributed by atoms with Gasteiger partial charge in [0.15, 0.2) is 5.82 Å². The van der Waals surface area contributed by atoms with E-state index in [0.29, 0.717) is 17.2 Å². The van der Waals surface area contributed by atoms with Crippen LogP contribution in [0.2, 0.25) is 0 Å². The second-order valence-electron chi connectivity index (χ2n) is 8.23. The summed E-state index contributed by atoms with van der Waals surface area (Å²) >= 11 is 0. The van der Waals surface area contributed by atoms with Crippen LogP contribution in [0.25, 0.3) is 0 Å². The van der Waals surface area contributed by atoms with E-state index >= 15 is 0 Å². The Balaban J connectivity index is 1.44. The van der Waals surface area contributed by atoms with Crippen molar-refractivity contribution in [1.29, 1.82) is 0 Å². The molecular formula is C25H28N4O2. The minimum atomic E-state index is -0.155. The first-order valence-electron chi connectivity index (χ1n) is 10.7. The number of hydrogen-bond donors (Lipinski definition) is 1. The average molecular weight is 417 g/mol. The van der Waals surface area contributed by atoms with Crippen molar-refractivity contribution < 1.29 is 9.53 Å². The van der Waals surface area contributed by atoms with E-state index in [2.05, 4.69) is 27.1 Å². The molecule has 1 amide bonds. The van der Waals surface area contributed by atoms with E-state index in [1.165, 1.54) is 5.56 Å². The van der Waals surface area contributed by atoms with E-state index in [0.717, 1.165) is 48.9 Å². The molecule has 6 heteroatoms. The van der Waals surface area contributed by atoms with Gasteiger partial charge in [0.25, 0.3) is 11.8 Å². The molecule has 1 aliphatic heterocycles. The van der Waals surface area contributed by atoms with Crippen molar-refractivity contribution in [3.8, 4) is 11.6 Å². The molecule has 0 radical (unpaired) electrons. The standard InChI is InChI=1S/C25H28N4O2/c1-17-10-14-29(15-11-17)23-25(27-13-12-26-23)31-22-8-5-20(6-9-22)24(30)28-21-7-4-18(2)19(3)16-21/h4-9,12-13,16-17H,10-11,14-15H2,1-3H3,(H,28,30). The van der Waals surface area contributed by atoms with Crippen LogP contribution >= 0.6 is 0 Å². The number of aryl methyl sites for hydroxylation is 2. The third-order valence-corrected chi connectivity index (χ3v) is 5.83. The first-order valence-corrected chi connectivity index (χ1v) is 10.7. The second kappa shape index (κ2) is 9.16. The summed E-state index contributed by atoms with van der Waals surface area (Å²) in [6.07, 6.45) is 5.61. The maximum Gasteiger partial charge on any atom is 0.263 e. The highest BCUT2D eigenvalue weighted by molar-refractivity contribution is 6.04. The van der Waals surface area contributed by atoms with Gasteiger partial charge in [-0.3, -0.25) is 4.79 Å². The molecule has 4 rings (SSSR count). The minimum absolute atomic E-state index is 0.155. The molecule has 0 unspecified atom stereocenters. The third-order valence-electron chi connectivity index (χ3n) is 5.83. The van der Waals surface area contributed by atoms with E-state index in [1.54, 1.807) is 36.7 Å². The summed E-state index contributed by atoms with van der Waals surface area (Å²) < 4.78 is 6.02. The molecule has 2 aromatic carbocycles. The lowest BCUT2D eigenvalue weighted by atomic mass is 9.99. The van der Waals surface area contributed by atoms with Gasteiger partial charge in [0.2, 0.25) is 0 Å². The summed E-state index contributed by atoms with van der Waals surface area (Å²) in [5.74, 6) is 2.46. The van der Waals surface area contributed by atoms with Crippen molar-refractivity contribution >= 4 is 17.4 Å². The lowest BCUT2D eigenvalue weighted by Crippen LogP contribution is -2.33. The maximum absolute atomic E-state index is 12.6. The Morgan fingerprint density at radius 2 is 1.71 bits per heavy atom. The van der Waals surface area contributed by atoms with Crippen molar-refractivity contribution in [1.82, 2.24) is 9.97 Å². The van der Waals surface area contributed by atoms with Crippen molar-refractivity contribution in [3.05, 3.63) is 71.5 Å². The van der Waals surface area contributed by atoms with E-state index < -0.39 is 0 Å². The Labute approximate surface area is 183 Å². The minimum Gasteiger partial charge on any atom is -0.436 e. The van der Waals surface area contributed by atoms with Gasteiger partial charge in [-0.2, -0.15) is 0 Å². The van der Waals surface area contributed by atoms with E-state index in [4.69, 9.17) is 4.74 Å². The number of nitrogens with one attached hydrogen (secondary N) is 1. The highest BCUT2D eigenvalue weighted by Crippen LogP contribution is 2.31. The number of rotatable bonds is 5. The van der Waals surface area contributed by atoms with Gasteiger partial charge in [0.05, 0.1) is 0 Å². The van der Waals surface area contributed by atoms with Gasteiger partial charge in [0, 0.05) is 36.7 Å². The molecule has 1 fully saturated rings. The normalized spacial score (nSPS) is 14.4. The number of nitrogens with zero attached hydrogens (tertiary/aromatic N) is 3. The van der Waals surface area contributed by atoms with Gasteiger partial charge >= 0.3 is 0 Å². The highest BCUT2D eigenvalue weighted by atomic mass is 16.5. The Morgan fingerprint density at radius 3 is 2.42 bits per heavy atom. The summed E-state index contributed by atoms with van der Waals surface area (Å²) in [4.78, 5) is 23.7. The molecule has 0 saturated carbocycles. The molecule has 2 heterocycles. The van der Waals surface area contributed by atoms with Gasteiger partial charge < -0.3 is 15.0 Å². The molecule has 1 saturated heterocycles. The summed E-state index contributed by atoms with van der Waals surface area (Å²) in [6, 6.07) is 13.0. The van der Waals surface area contributed by atoms with Crippen LogP contribution in [-0.2, 0) is 0 Å². The van der Waals surface area contributed by atoms with E-state index in [9.17, 15) is 4.79 Å². The molecule has 3 aromatic rings. The number of benzene rings is 2. The molecule has 160 valence electrons. The second-order valence-corrected chi connectivity index (χ2v) is 8.23. The monoisotopic (exact) mass is 416 g/mol. The summed E-state index contributed by atoms with van der Waals surface area (Å²) in [6.45, 7) is 8.26. The van der Waals surface area contributed by atoms with Crippen LogP contribution in [0.15, 0.2) is 54.9 Å². The first-order chi connectivity index (χ1) is 15.0. The molecule has 0 aliphatic carbocycles. The molecule has 0 spiro atoms. The summed E-state index contributed by atoms with van der Waals surface area (Å²) in [7, 11) is 0. The quantitative estimate of drug-likeness (QED) is 0.605. The number of carbonyl (C=O) groups excluding carboxylic acids is 1. The lowest BCUT2D eigenvalue weighted by molar-refractivity contribution is 0.102. The van der Waals surface area contributed by atoms with Crippen LogP contribution < -0.4 is 15.0 Å². The Hall–Kier alpha value is -3.41. The van der Waals surface area contributed by atoms with Crippen LogP contribution in [0, 0.1) is 19.8 Å². The number of piperidine rings is 1. The molecule has 6 nitrogen and oxygen atoms in total. The molecule has 0 atom stereocenters. The van der Waals surface area contributed by atoms with Crippen LogP contribution in [0.4, 0.5) is 11.5 Å². The average Bonchev–Trinajstić information content (AvgIpc) is 2.78. The summed E-state index contributed by atoms with van der Waals surface area (Å²) in [5, 5.41) is 2.94. The third kappa shape index (κ3) is 5.02. The maximum atomic E-state index is 12.6. The van der Waals surface area contributed by atoms with Crippen molar-refractivity contribution in [3.63, 3.8) is 0 Å². The zero-order valence-electron chi connectivity index (χ0n) is 18.3. The van der Waals surface area contributed by atoms with Crippen LogP contribution in [-0.4, -0.2) is 29.0 Å². The summed E-state index contributed by atoms with van der Waals surface area (Å²) in [5.41, 5.74) is 3.69. The van der Waals surface area contributed by atoms with Gasteiger partial charge in [-0.25, -0.2) is 9.97 Å². The SMILES string of the molecule is Cc1ccc(NC(=O)c2ccc(Oc3nccnc3N3CCC(C)CC3)cc2)cc1C. The smallest absolute Gasteiger partial charge is 0.263 e. The largest absolute Gasteiger partial charge is 0.436 e. The molecule has 1 aliphatic rings. The van der Waals surface area contributed by atoms with Gasteiger partial charge in [-0.05, 0) is 80.1 Å². The molecular weight excluding hydrogens is 388 g/mol. The number of aromatic nitrogens is 2. The number of hydrogen-bond acceptors (Lipinski definition) is 5. The number of anilines is 2. The number of ether oxygens (including phenoxy) is 1. The molecule has 31 heavy (non-hydrogen) atoms. The fraction of sp³-hybridized carbons (Fsp3) is 0.320. The zero-order chi connectivity index (χ0) is 21.8. The van der Waals surface area contributed by atoms with Gasteiger partial charge in [-0.1, -0.05) is 13.0 Å². The van der Waals surface area contributed by atoms with Crippen molar-refractivity contribution in [2.45, 2.75) is 33.6 Å². The van der Waals surface area contributed by atoms with Crippen molar-refractivity contribution in [2.24, 2.45) is 5.92 Å². The van der Waals surface area contributed by atoms with E-state index in [-0.39, 0.29) is 5.91 Å². The topological polar surface area (TPSA) is 67.3 Å². The van der Waals surface area contributed by atoms with Crippen LogP contribution in [0.3, 0.4) is 0 Å². The van der Waals surface area contributed by atoms with Crippen LogP contribution in [0.5, 0.6) is 11.6 Å². The fourth-order valence-electron chi connectivity index (χ4n) is 3.64. The Bertz CT molecular complexity index is 1060. The fourth-order valence-corrected chi connectivity index (χ4v) is 3.64. The molecule has 1 aromatic heterocycles. The van der Waals surface area contributed by atoms with Gasteiger partial charge in [-0.15, -0.1) is 0 Å². The predicted octanol–water partition coefficient (Wildman–Crippen LogP) is 5.37. The van der Waals surface area contributed by atoms with E-state index in [1.807, 2.05) is 32.0 Å². The zero-order valence-corrected chi connectivity index (χ0v) is 18.3. The van der Waals surface area contributed by atoms with Crippen molar-refractivity contribution in [2.75, 3.05) is 23.3 Å². The molecule has 1 N–H and O–H groups in total.